The molecule has 0 aliphatic rings. The molecule has 1 N–H and O–H groups in total. The molecule has 0 bridgehead atoms. The van der Waals surface area contributed by atoms with Crippen LogP contribution < -0.4 is 10.1 Å². The lowest BCUT2D eigenvalue weighted by molar-refractivity contribution is -0.139. The number of rotatable bonds is 6. The number of aryl methyl sites for hydroxylation is 2. The molecule has 2 heterocycles. The summed E-state index contributed by atoms with van der Waals surface area (Å²) in [5.41, 5.74) is -0.380. The van der Waals surface area contributed by atoms with Gasteiger partial charge in [-0.2, -0.15) is 13.2 Å². The predicted molar refractivity (Wildman–Crippen MR) is 123 cm³/mol. The topological polar surface area (TPSA) is 89.9 Å². The number of alkyl halides is 3. The normalized spacial score (nSPS) is 11.3. The van der Waals surface area contributed by atoms with Gasteiger partial charge < -0.3 is 10.1 Å². The monoisotopic (exact) mass is 497 g/mol. The average molecular weight is 497 g/mol. The third-order valence-electron chi connectivity index (χ3n) is 5.14. The summed E-state index contributed by atoms with van der Waals surface area (Å²) in [7, 11) is 0. The van der Waals surface area contributed by atoms with Gasteiger partial charge in [0.15, 0.2) is 5.82 Å². The maximum atomic E-state index is 13.6. The lowest BCUT2D eigenvalue weighted by Gasteiger charge is -2.13. The van der Waals surface area contributed by atoms with E-state index in [2.05, 4.69) is 25.3 Å². The lowest BCUT2D eigenvalue weighted by Crippen LogP contribution is -2.14. The summed E-state index contributed by atoms with van der Waals surface area (Å²) in [6.45, 7) is 3.67. The quantitative estimate of drug-likeness (QED) is 0.328. The number of amides is 1. The number of halogens is 4. The van der Waals surface area contributed by atoms with Crippen molar-refractivity contribution in [2.45, 2.75) is 26.4 Å². The molecule has 1 amide bonds. The number of nitrogens with one attached hydrogen (secondary N) is 1. The molecule has 4 rings (SSSR count). The van der Waals surface area contributed by atoms with E-state index in [1.807, 2.05) is 6.92 Å². The average Bonchev–Trinajstić information content (AvgIpc) is 2.86. The van der Waals surface area contributed by atoms with Crippen LogP contribution in [0.2, 0.25) is 0 Å². The lowest BCUT2D eigenvalue weighted by atomic mass is 10.1. The first kappa shape index (κ1) is 24.7. The van der Waals surface area contributed by atoms with Crippen LogP contribution in [0.5, 0.6) is 11.6 Å². The van der Waals surface area contributed by atoms with Crippen LogP contribution in [-0.2, 0) is 12.6 Å². The molecule has 0 fully saturated rings. The molecule has 0 saturated heterocycles. The fourth-order valence-corrected chi connectivity index (χ4v) is 3.25. The van der Waals surface area contributed by atoms with E-state index in [0.717, 1.165) is 6.07 Å². The third kappa shape index (κ3) is 5.45. The SMILES string of the molecule is CCc1ncnc(-c2cccnc2Oc2cc(C(=O)Nc3ccc(F)c(C(F)(F)F)c3)ccc2C)n1. The van der Waals surface area contributed by atoms with Crippen molar-refractivity contribution in [2.75, 3.05) is 5.32 Å². The summed E-state index contributed by atoms with van der Waals surface area (Å²) < 4.78 is 58.6. The molecule has 2 aromatic carbocycles. The van der Waals surface area contributed by atoms with E-state index in [0.29, 0.717) is 47.1 Å². The van der Waals surface area contributed by atoms with Gasteiger partial charge in [-0.3, -0.25) is 4.79 Å². The molecule has 0 aliphatic carbocycles. The number of benzene rings is 2. The van der Waals surface area contributed by atoms with Gasteiger partial charge >= 0.3 is 6.18 Å². The minimum atomic E-state index is -4.90. The van der Waals surface area contributed by atoms with Gasteiger partial charge in [0, 0.05) is 23.9 Å². The van der Waals surface area contributed by atoms with Crippen molar-refractivity contribution in [3.63, 3.8) is 0 Å². The second-order valence-electron chi connectivity index (χ2n) is 7.66. The zero-order chi connectivity index (χ0) is 25.9. The van der Waals surface area contributed by atoms with Crippen LogP contribution in [0, 0.1) is 12.7 Å². The standard InChI is InChI=1S/C25H19F4N5O2/c1-3-21-31-13-32-22(34-21)17-5-4-10-30-24(17)36-20-11-15(7-6-14(20)2)23(35)33-16-8-9-19(26)18(12-16)25(27,28)29/h4-13H,3H2,1-2H3,(H,33,35). The van der Waals surface area contributed by atoms with Crippen LogP contribution in [-0.4, -0.2) is 25.8 Å². The second-order valence-corrected chi connectivity index (χ2v) is 7.66. The highest BCUT2D eigenvalue weighted by Gasteiger charge is 2.34. The van der Waals surface area contributed by atoms with Gasteiger partial charge in [0.1, 0.15) is 23.7 Å². The molecule has 184 valence electrons. The van der Waals surface area contributed by atoms with Crippen molar-refractivity contribution in [2.24, 2.45) is 0 Å². The Morgan fingerprint density at radius 2 is 1.86 bits per heavy atom. The molecule has 0 aliphatic heterocycles. The highest BCUT2D eigenvalue weighted by atomic mass is 19.4. The Hall–Kier alpha value is -4.41. The van der Waals surface area contributed by atoms with Gasteiger partial charge in [-0.15, -0.1) is 0 Å². The van der Waals surface area contributed by atoms with Gasteiger partial charge in [-0.25, -0.2) is 24.3 Å². The van der Waals surface area contributed by atoms with Gasteiger partial charge in [-0.1, -0.05) is 13.0 Å². The highest BCUT2D eigenvalue weighted by molar-refractivity contribution is 6.04. The van der Waals surface area contributed by atoms with Gasteiger partial charge in [0.25, 0.3) is 5.91 Å². The second kappa shape index (κ2) is 10.1. The molecular weight excluding hydrogens is 478 g/mol. The summed E-state index contributed by atoms with van der Waals surface area (Å²) in [6.07, 6.45) is -1.36. The zero-order valence-electron chi connectivity index (χ0n) is 19.1. The molecule has 7 nitrogen and oxygen atoms in total. The molecular formula is C25H19F4N5O2. The largest absolute Gasteiger partial charge is 0.438 e. The number of pyridine rings is 1. The first-order chi connectivity index (χ1) is 17.2. The number of hydrogen-bond donors (Lipinski definition) is 1. The van der Waals surface area contributed by atoms with Crippen LogP contribution in [0.25, 0.3) is 11.4 Å². The van der Waals surface area contributed by atoms with Crippen molar-refractivity contribution in [1.82, 2.24) is 19.9 Å². The third-order valence-corrected chi connectivity index (χ3v) is 5.14. The first-order valence-electron chi connectivity index (χ1n) is 10.8. The van der Waals surface area contributed by atoms with E-state index in [4.69, 9.17) is 4.74 Å². The molecule has 11 heteroatoms. The summed E-state index contributed by atoms with van der Waals surface area (Å²) in [4.78, 5) is 29.7. The van der Waals surface area contributed by atoms with Crippen LogP contribution in [0.4, 0.5) is 23.2 Å². The smallest absolute Gasteiger partial charge is 0.419 e. The zero-order valence-corrected chi connectivity index (χ0v) is 19.1. The van der Waals surface area contributed by atoms with Gasteiger partial charge in [-0.05, 0) is 55.0 Å². The molecule has 4 aromatic rings. The number of ether oxygens (including phenoxy) is 1. The number of hydrogen-bond acceptors (Lipinski definition) is 6. The fourth-order valence-electron chi connectivity index (χ4n) is 3.25. The van der Waals surface area contributed by atoms with Crippen LogP contribution in [0.1, 0.15) is 34.2 Å². The predicted octanol–water partition coefficient (Wildman–Crippen LogP) is 6.01. The summed E-state index contributed by atoms with van der Waals surface area (Å²) >= 11 is 0. The van der Waals surface area contributed by atoms with Gasteiger partial charge in [0.05, 0.1) is 11.1 Å². The maximum absolute atomic E-state index is 13.6. The number of anilines is 1. The van der Waals surface area contributed by atoms with Crippen LogP contribution in [0.3, 0.4) is 0 Å². The van der Waals surface area contributed by atoms with E-state index < -0.39 is 23.5 Å². The van der Waals surface area contributed by atoms with E-state index in [1.165, 1.54) is 24.7 Å². The molecule has 36 heavy (non-hydrogen) atoms. The Morgan fingerprint density at radius 1 is 1.06 bits per heavy atom. The molecule has 0 saturated carbocycles. The van der Waals surface area contributed by atoms with Crippen molar-refractivity contribution in [1.29, 1.82) is 0 Å². The Balaban J connectivity index is 1.61. The molecule has 0 spiro atoms. The molecule has 2 aromatic heterocycles. The maximum Gasteiger partial charge on any atom is 0.419 e. The number of nitrogens with zero attached hydrogens (tertiary/aromatic N) is 4. The van der Waals surface area contributed by atoms with Gasteiger partial charge in [0.2, 0.25) is 5.88 Å². The van der Waals surface area contributed by atoms with Crippen molar-refractivity contribution < 1.29 is 27.1 Å². The van der Waals surface area contributed by atoms with Crippen LogP contribution >= 0.6 is 0 Å². The van der Waals surface area contributed by atoms with Crippen molar-refractivity contribution >= 4 is 11.6 Å². The minimum Gasteiger partial charge on any atom is -0.438 e. The highest BCUT2D eigenvalue weighted by Crippen LogP contribution is 2.34. The number of carbonyl (C=O) groups excluding carboxylic acids is 1. The Morgan fingerprint density at radius 3 is 2.61 bits per heavy atom. The fraction of sp³-hybridized carbons (Fsp3) is 0.160. The Kier molecular flexibility index (Phi) is 6.91. The van der Waals surface area contributed by atoms with Crippen LogP contribution in [0.15, 0.2) is 61.1 Å². The summed E-state index contributed by atoms with van der Waals surface area (Å²) in [5, 5.41) is 2.35. The minimum absolute atomic E-state index is 0.111. The van der Waals surface area contributed by atoms with E-state index >= 15 is 0 Å². The van der Waals surface area contributed by atoms with Crippen molar-refractivity contribution in [3.05, 3.63) is 89.4 Å². The molecule has 0 atom stereocenters. The number of aromatic nitrogens is 4. The van der Waals surface area contributed by atoms with E-state index in [1.54, 1.807) is 25.1 Å². The Bertz CT molecular complexity index is 1430. The molecule has 0 radical (unpaired) electrons. The molecule has 0 unspecified atom stereocenters. The number of carbonyl (C=O) groups is 1. The first-order valence-corrected chi connectivity index (χ1v) is 10.8. The van der Waals surface area contributed by atoms with Crippen molar-refractivity contribution in [3.8, 4) is 23.0 Å². The Labute approximate surface area is 203 Å². The summed E-state index contributed by atoms with van der Waals surface area (Å²) in [6, 6.07) is 10.2. The van der Waals surface area contributed by atoms with E-state index in [9.17, 15) is 22.4 Å². The summed E-state index contributed by atoms with van der Waals surface area (Å²) in [5.74, 6) is -0.678. The van der Waals surface area contributed by atoms with E-state index in [-0.39, 0.29) is 17.1 Å².